The summed E-state index contributed by atoms with van der Waals surface area (Å²) >= 11 is 6.35. The molecule has 148 valence electrons. The van der Waals surface area contributed by atoms with Gasteiger partial charge in [-0.2, -0.15) is 0 Å². The van der Waals surface area contributed by atoms with E-state index in [2.05, 4.69) is 9.98 Å². The van der Waals surface area contributed by atoms with Crippen LogP contribution in [0.25, 0.3) is 28.6 Å². The van der Waals surface area contributed by atoms with Gasteiger partial charge in [-0.3, -0.25) is 15.1 Å². The fourth-order valence-corrected chi connectivity index (χ4v) is 3.10. The Hall–Kier alpha value is -3.77. The summed E-state index contributed by atoms with van der Waals surface area (Å²) in [4.78, 5) is 19.2. The van der Waals surface area contributed by atoms with Crippen molar-refractivity contribution in [3.63, 3.8) is 0 Å². The summed E-state index contributed by atoms with van der Waals surface area (Å²) in [5.74, 6) is 0.444. The molecule has 0 aliphatic rings. The Morgan fingerprint density at radius 2 is 1.90 bits per heavy atom. The molecule has 3 aromatic carbocycles. The first-order valence-corrected chi connectivity index (χ1v) is 9.50. The van der Waals surface area contributed by atoms with Gasteiger partial charge in [0, 0.05) is 18.3 Å². The highest BCUT2D eigenvalue weighted by Crippen LogP contribution is 2.33. The molecule has 30 heavy (non-hydrogen) atoms. The molecule has 0 saturated carbocycles. The van der Waals surface area contributed by atoms with Gasteiger partial charge in [0.2, 0.25) is 5.89 Å². The van der Waals surface area contributed by atoms with Crippen molar-refractivity contribution in [2.45, 2.75) is 6.92 Å². The highest BCUT2D eigenvalue weighted by Gasteiger charge is 2.12. The summed E-state index contributed by atoms with van der Waals surface area (Å²) in [5.41, 5.74) is 4.84. The van der Waals surface area contributed by atoms with Gasteiger partial charge in [-0.25, -0.2) is 4.98 Å². The number of nitro benzene ring substituents is 1. The number of aromatic nitrogens is 1. The number of aryl methyl sites for hydroxylation is 1. The minimum absolute atomic E-state index is 0.0591. The topological polar surface area (TPSA) is 81.5 Å². The predicted octanol–water partition coefficient (Wildman–Crippen LogP) is 6.78. The van der Waals surface area contributed by atoms with Crippen molar-refractivity contribution in [1.82, 2.24) is 4.98 Å². The summed E-state index contributed by atoms with van der Waals surface area (Å²) in [6, 6.07) is 17.5. The first-order chi connectivity index (χ1) is 14.5. The number of allylic oxidation sites excluding steroid dienone is 1. The van der Waals surface area contributed by atoms with Crippen LogP contribution in [0, 0.1) is 17.0 Å². The summed E-state index contributed by atoms with van der Waals surface area (Å²) in [6.07, 6.45) is 5.22. The van der Waals surface area contributed by atoms with Crippen LogP contribution in [0.5, 0.6) is 0 Å². The van der Waals surface area contributed by atoms with E-state index >= 15 is 0 Å². The molecule has 0 unspecified atom stereocenters. The molecule has 0 N–H and O–H groups in total. The number of hydrogen-bond acceptors (Lipinski definition) is 5. The Balaban J connectivity index is 1.54. The Bertz CT molecular complexity index is 1290. The molecule has 4 aromatic rings. The van der Waals surface area contributed by atoms with Crippen molar-refractivity contribution in [2.75, 3.05) is 0 Å². The zero-order chi connectivity index (χ0) is 21.1. The third-order valence-electron chi connectivity index (χ3n) is 4.43. The third-order valence-corrected chi connectivity index (χ3v) is 4.76. The molecule has 0 aliphatic carbocycles. The Labute approximate surface area is 177 Å². The molecule has 0 amide bonds. The second-order valence-electron chi connectivity index (χ2n) is 6.64. The van der Waals surface area contributed by atoms with Crippen LogP contribution in [0.4, 0.5) is 11.4 Å². The van der Waals surface area contributed by atoms with Crippen molar-refractivity contribution < 1.29 is 9.34 Å². The molecular formula is C23H16ClN3O3. The zero-order valence-corrected chi connectivity index (χ0v) is 16.7. The van der Waals surface area contributed by atoms with Crippen LogP contribution in [-0.2, 0) is 0 Å². The van der Waals surface area contributed by atoms with E-state index in [1.807, 2.05) is 37.3 Å². The summed E-state index contributed by atoms with van der Waals surface area (Å²) in [5, 5.41) is 11.2. The maximum absolute atomic E-state index is 10.7. The second kappa shape index (κ2) is 8.31. The lowest BCUT2D eigenvalue weighted by Crippen LogP contribution is -1.86. The third kappa shape index (κ3) is 4.29. The van der Waals surface area contributed by atoms with Crippen LogP contribution in [0.15, 0.2) is 76.1 Å². The van der Waals surface area contributed by atoms with E-state index in [0.717, 1.165) is 16.6 Å². The molecule has 6 nitrogen and oxygen atoms in total. The maximum Gasteiger partial charge on any atom is 0.269 e. The number of hydrogen-bond donors (Lipinski definition) is 0. The molecule has 1 aromatic heterocycles. The van der Waals surface area contributed by atoms with Gasteiger partial charge in [-0.05, 0) is 66.6 Å². The van der Waals surface area contributed by atoms with Crippen molar-refractivity contribution in [3.05, 3.63) is 93.0 Å². The standard InChI is InChI=1S/C23H16ClN3O3/c1-15-4-11-22-21(13-15)26-23(30-22)19-14-17(7-10-20(19)24)25-12-2-3-16-5-8-18(9-6-16)27(28)29/h2-14H,1H3/b3-2+,25-12?. The normalized spacial score (nSPS) is 11.7. The highest BCUT2D eigenvalue weighted by atomic mass is 35.5. The molecular weight excluding hydrogens is 402 g/mol. The van der Waals surface area contributed by atoms with E-state index in [1.165, 1.54) is 12.1 Å². The monoisotopic (exact) mass is 417 g/mol. The van der Waals surface area contributed by atoms with Crippen LogP contribution < -0.4 is 0 Å². The predicted molar refractivity (Wildman–Crippen MR) is 119 cm³/mol. The van der Waals surface area contributed by atoms with E-state index in [-0.39, 0.29) is 5.69 Å². The van der Waals surface area contributed by atoms with Crippen LogP contribution >= 0.6 is 11.6 Å². The fraction of sp³-hybridized carbons (Fsp3) is 0.0435. The fourth-order valence-electron chi connectivity index (χ4n) is 2.90. The van der Waals surface area contributed by atoms with Gasteiger partial charge >= 0.3 is 0 Å². The number of aliphatic imine (C=N–C) groups is 1. The van der Waals surface area contributed by atoms with Gasteiger partial charge < -0.3 is 4.42 Å². The van der Waals surface area contributed by atoms with Crippen molar-refractivity contribution in [2.24, 2.45) is 4.99 Å². The molecule has 0 saturated heterocycles. The van der Waals surface area contributed by atoms with Gasteiger partial charge in [0.15, 0.2) is 5.58 Å². The number of fused-ring (bicyclic) bond motifs is 1. The largest absolute Gasteiger partial charge is 0.436 e. The van der Waals surface area contributed by atoms with Crippen molar-refractivity contribution >= 4 is 46.4 Å². The van der Waals surface area contributed by atoms with E-state index in [1.54, 1.807) is 36.6 Å². The van der Waals surface area contributed by atoms with Crippen LogP contribution in [-0.4, -0.2) is 16.1 Å². The smallest absolute Gasteiger partial charge is 0.269 e. The summed E-state index contributed by atoms with van der Waals surface area (Å²) in [6.45, 7) is 2.00. The Morgan fingerprint density at radius 3 is 2.67 bits per heavy atom. The number of non-ortho nitro benzene ring substituents is 1. The van der Waals surface area contributed by atoms with Gasteiger partial charge in [0.1, 0.15) is 5.52 Å². The van der Waals surface area contributed by atoms with Crippen molar-refractivity contribution in [1.29, 1.82) is 0 Å². The molecule has 4 rings (SSSR count). The number of nitrogens with zero attached hydrogens (tertiary/aromatic N) is 3. The lowest BCUT2D eigenvalue weighted by atomic mass is 10.2. The van der Waals surface area contributed by atoms with Gasteiger partial charge in [0.25, 0.3) is 5.69 Å². The van der Waals surface area contributed by atoms with E-state index in [4.69, 9.17) is 16.0 Å². The summed E-state index contributed by atoms with van der Waals surface area (Å²) < 4.78 is 5.85. The van der Waals surface area contributed by atoms with Gasteiger partial charge in [-0.1, -0.05) is 23.7 Å². The molecule has 7 heteroatoms. The zero-order valence-electron chi connectivity index (χ0n) is 15.9. The van der Waals surface area contributed by atoms with E-state index in [0.29, 0.717) is 27.7 Å². The quantitative estimate of drug-likeness (QED) is 0.203. The lowest BCUT2D eigenvalue weighted by molar-refractivity contribution is -0.384. The number of nitro groups is 1. The minimum atomic E-state index is -0.425. The molecule has 0 radical (unpaired) electrons. The van der Waals surface area contributed by atoms with Gasteiger partial charge in [-0.15, -0.1) is 0 Å². The lowest BCUT2D eigenvalue weighted by Gasteiger charge is -2.01. The molecule has 0 atom stereocenters. The molecule has 0 bridgehead atoms. The average Bonchev–Trinajstić information content (AvgIpc) is 3.15. The molecule has 0 aliphatic heterocycles. The highest BCUT2D eigenvalue weighted by molar-refractivity contribution is 6.33. The maximum atomic E-state index is 10.7. The number of rotatable bonds is 5. The van der Waals surface area contributed by atoms with Gasteiger partial charge in [0.05, 0.1) is 21.2 Å². The van der Waals surface area contributed by atoms with Crippen LogP contribution in [0.1, 0.15) is 11.1 Å². The molecule has 1 heterocycles. The molecule has 0 spiro atoms. The summed E-state index contributed by atoms with van der Waals surface area (Å²) in [7, 11) is 0. The van der Waals surface area contributed by atoms with E-state index in [9.17, 15) is 10.1 Å². The van der Waals surface area contributed by atoms with Crippen molar-refractivity contribution in [3.8, 4) is 11.5 Å². The Kier molecular flexibility index (Phi) is 5.41. The first kappa shape index (κ1) is 19.5. The SMILES string of the molecule is Cc1ccc2oc(-c3cc(N=C/C=C/c4ccc([N+](=O)[O-])cc4)ccc3Cl)nc2c1. The van der Waals surface area contributed by atoms with Crippen LogP contribution in [0.2, 0.25) is 5.02 Å². The number of benzene rings is 3. The minimum Gasteiger partial charge on any atom is -0.436 e. The number of oxazole rings is 1. The van der Waals surface area contributed by atoms with Crippen LogP contribution in [0.3, 0.4) is 0 Å². The van der Waals surface area contributed by atoms with E-state index < -0.39 is 4.92 Å². The first-order valence-electron chi connectivity index (χ1n) is 9.12. The number of halogens is 1. The Morgan fingerprint density at radius 1 is 1.10 bits per heavy atom. The average molecular weight is 418 g/mol. The second-order valence-corrected chi connectivity index (χ2v) is 7.05. The molecule has 0 fully saturated rings.